The number of nitrogens with one attached hydrogen (secondary N) is 1. The largest absolute Gasteiger partial charge is 0.313 e. The van der Waals surface area contributed by atoms with Crippen LogP contribution in [-0.4, -0.2) is 41.6 Å². The fourth-order valence-corrected chi connectivity index (χ4v) is 4.10. The average molecular weight is 421 g/mol. The van der Waals surface area contributed by atoms with Crippen LogP contribution in [0.15, 0.2) is 42.9 Å². The molecular formula is C21H24N8S. The Labute approximate surface area is 178 Å². The van der Waals surface area contributed by atoms with Crippen LogP contribution in [0.1, 0.15) is 30.2 Å². The molecule has 0 aliphatic heterocycles. The molecule has 30 heavy (non-hydrogen) atoms. The number of hydrogen-bond donors (Lipinski definition) is 1. The van der Waals surface area contributed by atoms with E-state index in [9.17, 15) is 0 Å². The Kier molecular flexibility index (Phi) is 5.82. The van der Waals surface area contributed by atoms with Gasteiger partial charge in [0.25, 0.3) is 0 Å². The van der Waals surface area contributed by atoms with Crippen molar-refractivity contribution in [1.29, 1.82) is 0 Å². The molecule has 4 aromatic heterocycles. The second-order valence-electron chi connectivity index (χ2n) is 6.67. The number of aromatic nitrogens is 7. The Hall–Kier alpha value is -3.17. The van der Waals surface area contributed by atoms with Crippen molar-refractivity contribution in [2.75, 3.05) is 7.05 Å². The lowest BCUT2D eigenvalue weighted by molar-refractivity contribution is 0.762. The molecule has 8 nitrogen and oxygen atoms in total. The SMILES string of the molecule is CC.CNCc1nn2c(Cc3ccc4ncc(-c5cnn(C)c5)cc4c3)nnc2s1. The van der Waals surface area contributed by atoms with Gasteiger partial charge in [-0.25, -0.2) is 0 Å². The minimum Gasteiger partial charge on any atom is -0.313 e. The summed E-state index contributed by atoms with van der Waals surface area (Å²) in [6.07, 6.45) is 6.39. The summed E-state index contributed by atoms with van der Waals surface area (Å²) in [7, 11) is 3.82. The van der Waals surface area contributed by atoms with Gasteiger partial charge in [0.2, 0.25) is 4.96 Å². The first-order chi connectivity index (χ1) is 14.7. The normalized spacial score (nSPS) is 11.1. The molecule has 1 aromatic carbocycles. The Balaban J connectivity index is 0.00000106. The highest BCUT2D eigenvalue weighted by Crippen LogP contribution is 2.24. The van der Waals surface area contributed by atoms with Gasteiger partial charge in [-0.2, -0.15) is 14.7 Å². The number of pyridine rings is 1. The number of hydrogen-bond acceptors (Lipinski definition) is 7. The molecule has 0 saturated heterocycles. The van der Waals surface area contributed by atoms with Crippen LogP contribution in [-0.2, 0) is 20.0 Å². The highest BCUT2D eigenvalue weighted by atomic mass is 32.1. The highest BCUT2D eigenvalue weighted by molar-refractivity contribution is 7.16. The lowest BCUT2D eigenvalue weighted by atomic mass is 10.0. The minimum absolute atomic E-state index is 0.664. The predicted octanol–water partition coefficient (Wildman–Crippen LogP) is 3.47. The number of fused-ring (bicyclic) bond motifs is 2. The van der Waals surface area contributed by atoms with E-state index in [0.717, 1.165) is 49.9 Å². The molecule has 0 amide bonds. The molecule has 0 saturated carbocycles. The molecule has 1 N–H and O–H groups in total. The van der Waals surface area contributed by atoms with E-state index in [1.807, 2.05) is 57.1 Å². The Bertz CT molecular complexity index is 1280. The van der Waals surface area contributed by atoms with Gasteiger partial charge in [-0.05, 0) is 30.8 Å². The number of aryl methyl sites for hydroxylation is 1. The molecule has 0 unspecified atom stereocenters. The van der Waals surface area contributed by atoms with Crippen molar-refractivity contribution >= 4 is 27.2 Å². The first-order valence-electron chi connectivity index (χ1n) is 9.92. The summed E-state index contributed by atoms with van der Waals surface area (Å²) in [5, 5.41) is 22.6. The maximum absolute atomic E-state index is 4.60. The first-order valence-corrected chi connectivity index (χ1v) is 10.7. The number of benzene rings is 1. The number of nitrogens with zero attached hydrogens (tertiary/aromatic N) is 7. The molecule has 0 radical (unpaired) electrons. The van der Waals surface area contributed by atoms with Crippen molar-refractivity contribution in [1.82, 2.24) is 39.9 Å². The minimum atomic E-state index is 0.664. The molecule has 5 aromatic rings. The van der Waals surface area contributed by atoms with Gasteiger partial charge in [-0.3, -0.25) is 9.67 Å². The summed E-state index contributed by atoms with van der Waals surface area (Å²) < 4.78 is 3.63. The van der Waals surface area contributed by atoms with Crippen LogP contribution in [0.4, 0.5) is 0 Å². The smallest absolute Gasteiger partial charge is 0.234 e. The topological polar surface area (TPSA) is 85.8 Å². The molecule has 0 fully saturated rings. The quantitative estimate of drug-likeness (QED) is 0.469. The van der Waals surface area contributed by atoms with Crippen molar-refractivity contribution < 1.29 is 0 Å². The fourth-order valence-electron chi connectivity index (χ4n) is 3.23. The van der Waals surface area contributed by atoms with Crippen LogP contribution in [0, 0.1) is 0 Å². The molecule has 4 heterocycles. The zero-order valence-corrected chi connectivity index (χ0v) is 18.3. The number of rotatable bonds is 5. The molecule has 5 rings (SSSR count). The van der Waals surface area contributed by atoms with Crippen molar-refractivity contribution in [2.45, 2.75) is 26.8 Å². The Morgan fingerprint density at radius 3 is 2.70 bits per heavy atom. The zero-order valence-electron chi connectivity index (χ0n) is 17.5. The molecule has 9 heteroatoms. The second-order valence-corrected chi connectivity index (χ2v) is 7.71. The Morgan fingerprint density at radius 2 is 1.93 bits per heavy atom. The summed E-state index contributed by atoms with van der Waals surface area (Å²) in [6, 6.07) is 8.44. The third kappa shape index (κ3) is 3.94. The van der Waals surface area contributed by atoms with Crippen LogP contribution in [0.5, 0.6) is 0 Å². The molecule has 0 aliphatic rings. The first kappa shape index (κ1) is 20.1. The van der Waals surface area contributed by atoms with Crippen molar-refractivity contribution in [3.8, 4) is 11.1 Å². The summed E-state index contributed by atoms with van der Waals surface area (Å²) in [5.74, 6) is 0.837. The molecule has 0 spiro atoms. The molecule has 154 valence electrons. The third-order valence-electron chi connectivity index (χ3n) is 4.57. The van der Waals surface area contributed by atoms with Gasteiger partial charge in [0.15, 0.2) is 5.82 Å². The van der Waals surface area contributed by atoms with Gasteiger partial charge in [0.05, 0.1) is 11.7 Å². The van der Waals surface area contributed by atoms with Crippen LogP contribution in [0.2, 0.25) is 0 Å². The van der Waals surface area contributed by atoms with Gasteiger partial charge in [0, 0.05) is 48.9 Å². The van der Waals surface area contributed by atoms with E-state index in [0.29, 0.717) is 6.42 Å². The highest BCUT2D eigenvalue weighted by Gasteiger charge is 2.12. The maximum Gasteiger partial charge on any atom is 0.234 e. The van der Waals surface area contributed by atoms with Gasteiger partial charge in [-0.1, -0.05) is 31.3 Å². The summed E-state index contributed by atoms with van der Waals surface area (Å²) in [6.45, 7) is 4.73. The van der Waals surface area contributed by atoms with E-state index in [2.05, 4.69) is 48.9 Å². The van der Waals surface area contributed by atoms with Gasteiger partial charge in [-0.15, -0.1) is 10.2 Å². The third-order valence-corrected chi connectivity index (χ3v) is 5.47. The van der Waals surface area contributed by atoms with E-state index < -0.39 is 0 Å². The monoisotopic (exact) mass is 420 g/mol. The van der Waals surface area contributed by atoms with E-state index >= 15 is 0 Å². The van der Waals surface area contributed by atoms with Crippen LogP contribution < -0.4 is 5.32 Å². The van der Waals surface area contributed by atoms with Crippen molar-refractivity contribution in [3.63, 3.8) is 0 Å². The summed E-state index contributed by atoms with van der Waals surface area (Å²) >= 11 is 1.56. The van der Waals surface area contributed by atoms with E-state index in [1.165, 1.54) is 0 Å². The van der Waals surface area contributed by atoms with E-state index in [1.54, 1.807) is 16.0 Å². The van der Waals surface area contributed by atoms with Crippen LogP contribution >= 0.6 is 11.3 Å². The van der Waals surface area contributed by atoms with Gasteiger partial charge >= 0.3 is 0 Å². The van der Waals surface area contributed by atoms with Crippen molar-refractivity contribution in [2.24, 2.45) is 7.05 Å². The fraction of sp³-hybridized carbons (Fsp3) is 0.286. The standard InChI is InChI=1S/C19H18N8S.C2H6/c1-20-10-18-25-27-17(23-24-19(27)28-18)6-12-3-4-16-13(5-12)7-14(8-21-16)15-9-22-26(2)11-15;1-2/h3-5,7-9,11,20H,6,10H2,1-2H3;1-2H3. The van der Waals surface area contributed by atoms with Crippen molar-refractivity contribution in [3.05, 3.63) is 59.3 Å². The predicted molar refractivity (Wildman–Crippen MR) is 120 cm³/mol. The second kappa shape index (κ2) is 8.68. The lowest BCUT2D eigenvalue weighted by Crippen LogP contribution is -2.06. The lowest BCUT2D eigenvalue weighted by Gasteiger charge is -2.04. The molecular weight excluding hydrogens is 396 g/mol. The molecule has 0 bridgehead atoms. The maximum atomic E-state index is 4.60. The van der Waals surface area contributed by atoms with E-state index in [-0.39, 0.29) is 0 Å². The van der Waals surface area contributed by atoms with E-state index in [4.69, 9.17) is 0 Å². The van der Waals surface area contributed by atoms with Crippen LogP contribution in [0.25, 0.3) is 27.0 Å². The van der Waals surface area contributed by atoms with Crippen LogP contribution in [0.3, 0.4) is 0 Å². The zero-order chi connectivity index (χ0) is 21.1. The summed E-state index contributed by atoms with van der Waals surface area (Å²) in [4.78, 5) is 5.41. The summed E-state index contributed by atoms with van der Waals surface area (Å²) in [5.41, 5.74) is 4.22. The molecule has 0 aliphatic carbocycles. The molecule has 0 atom stereocenters. The van der Waals surface area contributed by atoms with Gasteiger partial charge in [0.1, 0.15) is 5.01 Å². The average Bonchev–Trinajstić information content (AvgIpc) is 3.47. The van der Waals surface area contributed by atoms with Gasteiger partial charge < -0.3 is 5.32 Å². The Morgan fingerprint density at radius 1 is 1.07 bits per heavy atom.